The highest BCUT2D eigenvalue weighted by Crippen LogP contribution is 2.15. The Balaban J connectivity index is 2.00. The van der Waals surface area contributed by atoms with E-state index in [9.17, 15) is 0 Å². The third-order valence-electron chi connectivity index (χ3n) is 2.44. The van der Waals surface area contributed by atoms with Gasteiger partial charge >= 0.3 is 0 Å². The average Bonchev–Trinajstić information content (AvgIpc) is 2.28. The molecule has 0 saturated carbocycles. The van der Waals surface area contributed by atoms with Gasteiger partial charge in [0.15, 0.2) is 5.96 Å². The molecule has 5 nitrogen and oxygen atoms in total. The highest BCUT2D eigenvalue weighted by Gasteiger charge is 2.23. The Kier molecular flexibility index (Phi) is 2.87. The second kappa shape index (κ2) is 4.32. The molecule has 5 N–H and O–H groups in total. The van der Waals surface area contributed by atoms with Gasteiger partial charge in [-0.15, -0.1) is 0 Å². The molecule has 84 valence electrons. The minimum Gasteiger partial charge on any atom is -0.370 e. The van der Waals surface area contributed by atoms with E-state index in [4.69, 9.17) is 11.5 Å². The molecular weight excluding hydrogens is 202 g/mol. The van der Waals surface area contributed by atoms with Crippen LogP contribution in [0.5, 0.6) is 0 Å². The average molecular weight is 217 g/mol. The number of hydrogen-bond donors (Lipinski definition) is 3. The van der Waals surface area contributed by atoms with E-state index in [0.29, 0.717) is 12.4 Å². The molecule has 2 rings (SSSR count). The molecule has 16 heavy (non-hydrogen) atoms. The Morgan fingerprint density at radius 3 is 2.94 bits per heavy atom. The second-order valence-electron chi connectivity index (χ2n) is 3.79. The van der Waals surface area contributed by atoms with Crippen molar-refractivity contribution in [3.05, 3.63) is 42.4 Å². The first-order valence-electron chi connectivity index (χ1n) is 5.16. The lowest BCUT2D eigenvalue weighted by molar-refractivity contribution is 0.497. The second-order valence-corrected chi connectivity index (χ2v) is 3.79. The van der Waals surface area contributed by atoms with Crippen molar-refractivity contribution in [1.82, 2.24) is 10.3 Å². The molecule has 0 spiro atoms. The van der Waals surface area contributed by atoms with E-state index < -0.39 is 5.66 Å². The smallest absolute Gasteiger partial charge is 0.194 e. The van der Waals surface area contributed by atoms with Crippen molar-refractivity contribution in [2.75, 3.05) is 0 Å². The summed E-state index contributed by atoms with van der Waals surface area (Å²) in [6, 6.07) is 5.82. The molecule has 5 heteroatoms. The molecule has 0 saturated heterocycles. The Hall–Kier alpha value is -1.88. The fourth-order valence-electron chi connectivity index (χ4n) is 1.58. The van der Waals surface area contributed by atoms with Gasteiger partial charge in [-0.3, -0.25) is 4.98 Å². The van der Waals surface area contributed by atoms with Crippen LogP contribution in [0.2, 0.25) is 0 Å². The first-order valence-corrected chi connectivity index (χ1v) is 5.16. The Labute approximate surface area is 94.3 Å². The first kappa shape index (κ1) is 10.6. The van der Waals surface area contributed by atoms with Crippen LogP contribution in [-0.2, 0) is 6.42 Å². The maximum Gasteiger partial charge on any atom is 0.194 e. The van der Waals surface area contributed by atoms with E-state index in [0.717, 1.165) is 12.1 Å². The van der Waals surface area contributed by atoms with E-state index in [1.165, 1.54) is 0 Å². The van der Waals surface area contributed by atoms with Crippen LogP contribution in [0.25, 0.3) is 0 Å². The molecule has 0 aromatic carbocycles. The Morgan fingerprint density at radius 2 is 2.25 bits per heavy atom. The number of nitrogens with zero attached hydrogens (tertiary/aromatic N) is 2. The number of hydrogen-bond acceptors (Lipinski definition) is 5. The van der Waals surface area contributed by atoms with Gasteiger partial charge in [-0.2, -0.15) is 0 Å². The maximum absolute atomic E-state index is 6.08. The molecule has 0 aliphatic carbocycles. The summed E-state index contributed by atoms with van der Waals surface area (Å²) in [5, 5.41) is 2.79. The molecule has 1 atom stereocenters. The molecular formula is C11H15N5. The number of pyridine rings is 1. The fraction of sp³-hybridized carbons (Fsp3) is 0.273. The summed E-state index contributed by atoms with van der Waals surface area (Å²) < 4.78 is 0. The molecule has 0 radical (unpaired) electrons. The van der Waals surface area contributed by atoms with Crippen LogP contribution >= 0.6 is 0 Å². The SMILES string of the molecule is NC1=NC(N)(CCc2ccccn2)C=CN1. The van der Waals surface area contributed by atoms with E-state index in [-0.39, 0.29) is 0 Å². The highest BCUT2D eigenvalue weighted by atomic mass is 15.2. The summed E-state index contributed by atoms with van der Waals surface area (Å²) in [7, 11) is 0. The van der Waals surface area contributed by atoms with Crippen LogP contribution in [-0.4, -0.2) is 16.6 Å². The van der Waals surface area contributed by atoms with Crippen molar-refractivity contribution < 1.29 is 0 Å². The minimum absolute atomic E-state index is 0.353. The van der Waals surface area contributed by atoms with Gasteiger partial charge in [0, 0.05) is 18.1 Å². The number of guanidine groups is 1. The lowest BCUT2D eigenvalue weighted by atomic mass is 10.0. The quantitative estimate of drug-likeness (QED) is 0.670. The standard InChI is InChI=1S/C11H15N5/c12-10-15-8-6-11(13,16-10)5-4-9-3-1-2-7-14-9/h1-3,6-8H,4-5,13H2,(H3,12,15,16). The summed E-state index contributed by atoms with van der Waals surface area (Å²) in [4.78, 5) is 8.41. The molecule has 1 aliphatic rings. The number of aryl methyl sites for hydroxylation is 1. The van der Waals surface area contributed by atoms with E-state index in [1.54, 1.807) is 12.4 Å². The third kappa shape index (κ3) is 2.58. The summed E-state index contributed by atoms with van der Waals surface area (Å²) in [5.41, 5.74) is 11.9. The van der Waals surface area contributed by atoms with Gasteiger partial charge < -0.3 is 16.8 Å². The van der Waals surface area contributed by atoms with Gasteiger partial charge in [0.25, 0.3) is 0 Å². The van der Waals surface area contributed by atoms with Crippen molar-refractivity contribution in [1.29, 1.82) is 0 Å². The zero-order valence-electron chi connectivity index (χ0n) is 8.93. The summed E-state index contributed by atoms with van der Waals surface area (Å²) in [6.07, 6.45) is 6.77. The summed E-state index contributed by atoms with van der Waals surface area (Å²) in [5.74, 6) is 0.353. The Morgan fingerprint density at radius 1 is 1.38 bits per heavy atom. The number of aromatic nitrogens is 1. The molecule has 0 amide bonds. The van der Waals surface area contributed by atoms with Crippen molar-refractivity contribution in [2.24, 2.45) is 16.5 Å². The third-order valence-corrected chi connectivity index (χ3v) is 2.44. The Bertz CT molecular complexity index is 412. The molecule has 0 fully saturated rings. The number of aliphatic imine (C=N–C) groups is 1. The predicted octanol–water partition coefficient (Wildman–Crippen LogP) is 0.101. The van der Waals surface area contributed by atoms with Crippen LogP contribution in [0.1, 0.15) is 12.1 Å². The van der Waals surface area contributed by atoms with Crippen LogP contribution in [0, 0.1) is 0 Å². The molecule has 1 aromatic rings. The zero-order valence-corrected chi connectivity index (χ0v) is 8.93. The molecule has 1 aromatic heterocycles. The first-order chi connectivity index (χ1) is 7.68. The van der Waals surface area contributed by atoms with Gasteiger partial charge in [-0.1, -0.05) is 6.07 Å². The molecule has 2 heterocycles. The highest BCUT2D eigenvalue weighted by molar-refractivity contribution is 5.80. The van der Waals surface area contributed by atoms with E-state index in [2.05, 4.69) is 15.3 Å². The van der Waals surface area contributed by atoms with Crippen molar-refractivity contribution in [2.45, 2.75) is 18.5 Å². The topological polar surface area (TPSA) is 89.3 Å². The zero-order chi connectivity index (χ0) is 11.4. The summed E-state index contributed by atoms with van der Waals surface area (Å²) in [6.45, 7) is 0. The lowest BCUT2D eigenvalue weighted by Gasteiger charge is -2.24. The lowest BCUT2D eigenvalue weighted by Crippen LogP contribution is -2.44. The van der Waals surface area contributed by atoms with Gasteiger partial charge in [0.1, 0.15) is 5.66 Å². The fourth-order valence-corrected chi connectivity index (χ4v) is 1.58. The van der Waals surface area contributed by atoms with Crippen molar-refractivity contribution in [3.8, 4) is 0 Å². The van der Waals surface area contributed by atoms with Crippen molar-refractivity contribution >= 4 is 5.96 Å². The van der Waals surface area contributed by atoms with Gasteiger partial charge in [-0.05, 0) is 31.1 Å². The van der Waals surface area contributed by atoms with Gasteiger partial charge in [0.05, 0.1) is 0 Å². The summed E-state index contributed by atoms with van der Waals surface area (Å²) >= 11 is 0. The predicted molar refractivity (Wildman–Crippen MR) is 63.4 cm³/mol. The molecule has 1 unspecified atom stereocenters. The van der Waals surface area contributed by atoms with Crippen LogP contribution < -0.4 is 16.8 Å². The monoisotopic (exact) mass is 217 g/mol. The normalized spacial score (nSPS) is 23.7. The van der Waals surface area contributed by atoms with E-state index in [1.807, 2.05) is 24.3 Å². The van der Waals surface area contributed by atoms with Crippen LogP contribution in [0.3, 0.4) is 0 Å². The number of nitrogens with one attached hydrogen (secondary N) is 1. The van der Waals surface area contributed by atoms with Gasteiger partial charge in [-0.25, -0.2) is 4.99 Å². The van der Waals surface area contributed by atoms with Crippen molar-refractivity contribution in [3.63, 3.8) is 0 Å². The largest absolute Gasteiger partial charge is 0.370 e. The number of rotatable bonds is 3. The van der Waals surface area contributed by atoms with Crippen LogP contribution in [0.4, 0.5) is 0 Å². The number of nitrogens with two attached hydrogens (primary N) is 2. The van der Waals surface area contributed by atoms with Gasteiger partial charge in [0.2, 0.25) is 0 Å². The van der Waals surface area contributed by atoms with E-state index >= 15 is 0 Å². The minimum atomic E-state index is -0.715. The van der Waals surface area contributed by atoms with Crippen LogP contribution in [0.15, 0.2) is 41.7 Å². The molecule has 1 aliphatic heterocycles. The molecule has 0 bridgehead atoms. The maximum atomic E-state index is 6.08.